The van der Waals surface area contributed by atoms with Gasteiger partial charge in [-0.1, -0.05) is 31.9 Å². The lowest BCUT2D eigenvalue weighted by atomic mass is 10.1. The van der Waals surface area contributed by atoms with Crippen LogP contribution in [0.25, 0.3) is 0 Å². The molecule has 33 heavy (non-hydrogen) atoms. The molecule has 8 heteroatoms. The van der Waals surface area contributed by atoms with Gasteiger partial charge in [0.15, 0.2) is 5.96 Å². The van der Waals surface area contributed by atoms with Crippen LogP contribution in [0.15, 0.2) is 29.3 Å². The molecule has 2 atom stereocenters. The van der Waals surface area contributed by atoms with E-state index in [1.165, 1.54) is 12.8 Å². The second-order valence-corrected chi connectivity index (χ2v) is 9.07. The predicted octanol–water partition coefficient (Wildman–Crippen LogP) is 3.68. The number of rotatable bonds is 8. The van der Waals surface area contributed by atoms with Crippen LogP contribution in [0.4, 0.5) is 0 Å². The first-order valence-corrected chi connectivity index (χ1v) is 12.2. The van der Waals surface area contributed by atoms with Crippen LogP contribution >= 0.6 is 24.0 Å². The van der Waals surface area contributed by atoms with Crippen molar-refractivity contribution >= 4 is 41.8 Å². The van der Waals surface area contributed by atoms with Gasteiger partial charge in [0.05, 0.1) is 6.54 Å². The zero-order chi connectivity index (χ0) is 22.9. The molecule has 3 N–H and O–H groups in total. The second kappa shape index (κ2) is 13.8. The first-order chi connectivity index (χ1) is 15.5. The number of hydrogen-bond acceptors (Lipinski definition) is 3. The van der Waals surface area contributed by atoms with Gasteiger partial charge in [-0.15, -0.1) is 24.0 Å². The maximum Gasteiger partial charge on any atom is 0.251 e. The van der Waals surface area contributed by atoms with Gasteiger partial charge in [0.2, 0.25) is 5.91 Å². The van der Waals surface area contributed by atoms with Gasteiger partial charge >= 0.3 is 0 Å². The summed E-state index contributed by atoms with van der Waals surface area (Å²) >= 11 is 0. The van der Waals surface area contributed by atoms with Gasteiger partial charge in [0.25, 0.3) is 5.91 Å². The molecule has 3 rings (SSSR count). The molecule has 0 radical (unpaired) electrons. The Morgan fingerprint density at radius 1 is 1.12 bits per heavy atom. The zero-order valence-electron chi connectivity index (χ0n) is 20.2. The average Bonchev–Trinajstić information content (AvgIpc) is 3.50. The monoisotopic (exact) mass is 569 g/mol. The number of amides is 2. The molecule has 1 aromatic carbocycles. The quantitative estimate of drug-likeness (QED) is 0.254. The molecule has 1 saturated heterocycles. The van der Waals surface area contributed by atoms with E-state index in [-0.39, 0.29) is 47.9 Å². The number of guanidine groups is 1. The number of nitrogens with zero attached hydrogens (tertiary/aromatic N) is 2. The van der Waals surface area contributed by atoms with Gasteiger partial charge in [-0.25, -0.2) is 4.99 Å². The number of likely N-dealkylation sites (tertiary alicyclic amines) is 1. The molecule has 7 nitrogen and oxygen atoms in total. The second-order valence-electron chi connectivity index (χ2n) is 9.07. The Balaban J connectivity index is 0.00000385. The molecule has 1 heterocycles. The third-order valence-corrected chi connectivity index (χ3v) is 6.52. The summed E-state index contributed by atoms with van der Waals surface area (Å²) in [5, 5.41) is 9.80. The van der Waals surface area contributed by atoms with E-state index in [1.807, 2.05) is 43.0 Å². The molecule has 1 aromatic rings. The summed E-state index contributed by atoms with van der Waals surface area (Å²) in [6.45, 7) is 8.99. The minimum Gasteiger partial charge on any atom is -0.357 e. The third-order valence-electron chi connectivity index (χ3n) is 6.52. The van der Waals surface area contributed by atoms with Crippen LogP contribution < -0.4 is 16.0 Å². The molecule has 0 spiro atoms. The molecule has 2 aliphatic rings. The summed E-state index contributed by atoms with van der Waals surface area (Å²) in [6.07, 6.45) is 6.33. The van der Waals surface area contributed by atoms with Crippen molar-refractivity contribution in [3.05, 3.63) is 35.4 Å². The Bertz CT molecular complexity index is 792. The molecule has 184 valence electrons. The van der Waals surface area contributed by atoms with E-state index >= 15 is 0 Å². The van der Waals surface area contributed by atoms with Crippen molar-refractivity contribution in [2.75, 3.05) is 19.6 Å². The van der Waals surface area contributed by atoms with E-state index in [2.05, 4.69) is 22.9 Å². The SMILES string of the molecule is CCNC(=NCc1ccc(C(=O)NC(C)CC)cc1)NC1CCN(C(=O)C2CCCC2)C1.I. The summed E-state index contributed by atoms with van der Waals surface area (Å²) in [5.41, 5.74) is 1.72. The van der Waals surface area contributed by atoms with Gasteiger partial charge in [-0.2, -0.15) is 0 Å². The molecular formula is C25H40IN5O2. The molecular weight excluding hydrogens is 529 g/mol. The summed E-state index contributed by atoms with van der Waals surface area (Å²) in [4.78, 5) is 31.7. The van der Waals surface area contributed by atoms with Crippen molar-refractivity contribution in [1.29, 1.82) is 0 Å². The van der Waals surface area contributed by atoms with Crippen molar-refractivity contribution in [3.8, 4) is 0 Å². The first kappa shape index (κ1) is 27.4. The van der Waals surface area contributed by atoms with E-state index in [1.54, 1.807) is 0 Å². The van der Waals surface area contributed by atoms with E-state index in [0.717, 1.165) is 56.8 Å². The summed E-state index contributed by atoms with van der Waals surface area (Å²) < 4.78 is 0. The van der Waals surface area contributed by atoms with Crippen molar-refractivity contribution in [2.24, 2.45) is 10.9 Å². The molecule has 0 bridgehead atoms. The van der Waals surface area contributed by atoms with E-state index in [9.17, 15) is 9.59 Å². The van der Waals surface area contributed by atoms with E-state index in [0.29, 0.717) is 18.0 Å². The fourth-order valence-corrected chi connectivity index (χ4v) is 4.36. The largest absolute Gasteiger partial charge is 0.357 e. The highest BCUT2D eigenvalue weighted by atomic mass is 127. The number of aliphatic imine (C=N–C) groups is 1. The lowest BCUT2D eigenvalue weighted by molar-refractivity contribution is -0.134. The van der Waals surface area contributed by atoms with Gasteiger partial charge in [0.1, 0.15) is 0 Å². The zero-order valence-corrected chi connectivity index (χ0v) is 22.6. The summed E-state index contributed by atoms with van der Waals surface area (Å²) in [6, 6.07) is 8.01. The number of hydrogen-bond donors (Lipinski definition) is 3. The Hall–Kier alpha value is -1.84. The molecule has 1 aliphatic heterocycles. The molecule has 1 aliphatic carbocycles. The van der Waals surface area contributed by atoms with Gasteiger partial charge in [-0.05, 0) is 57.2 Å². The number of carbonyl (C=O) groups is 2. The van der Waals surface area contributed by atoms with Crippen LogP contribution in [-0.4, -0.2) is 54.4 Å². The van der Waals surface area contributed by atoms with Crippen LogP contribution in [0.3, 0.4) is 0 Å². The van der Waals surface area contributed by atoms with Crippen LogP contribution in [0.1, 0.15) is 75.2 Å². The Morgan fingerprint density at radius 2 is 1.82 bits per heavy atom. The highest BCUT2D eigenvalue weighted by Crippen LogP contribution is 2.27. The normalized spacial score (nSPS) is 19.7. The lowest BCUT2D eigenvalue weighted by Gasteiger charge is -2.21. The van der Waals surface area contributed by atoms with Crippen molar-refractivity contribution < 1.29 is 9.59 Å². The van der Waals surface area contributed by atoms with Crippen LogP contribution in [0.2, 0.25) is 0 Å². The molecule has 2 unspecified atom stereocenters. The van der Waals surface area contributed by atoms with Gasteiger partial charge in [0, 0.05) is 43.2 Å². The van der Waals surface area contributed by atoms with Crippen LogP contribution in [-0.2, 0) is 11.3 Å². The summed E-state index contributed by atoms with van der Waals surface area (Å²) in [5.74, 6) is 1.31. The standard InChI is InChI=1S/C25H39N5O2.HI/c1-4-18(3)28-23(31)20-12-10-19(11-13-20)16-27-25(26-5-2)29-22-14-15-30(17-22)24(32)21-8-6-7-9-21;/h10-13,18,21-22H,4-9,14-17H2,1-3H3,(H,28,31)(H2,26,27,29);1H. The highest BCUT2D eigenvalue weighted by Gasteiger charge is 2.32. The van der Waals surface area contributed by atoms with Crippen molar-refractivity contribution in [2.45, 2.75) is 77.9 Å². The van der Waals surface area contributed by atoms with Crippen LogP contribution in [0.5, 0.6) is 0 Å². The molecule has 1 saturated carbocycles. The highest BCUT2D eigenvalue weighted by molar-refractivity contribution is 14.0. The number of nitrogens with one attached hydrogen (secondary N) is 3. The maximum atomic E-state index is 12.7. The topological polar surface area (TPSA) is 85.8 Å². The number of benzene rings is 1. The number of halogens is 1. The molecule has 0 aromatic heterocycles. The fraction of sp³-hybridized carbons (Fsp3) is 0.640. The van der Waals surface area contributed by atoms with E-state index < -0.39 is 0 Å². The van der Waals surface area contributed by atoms with Gasteiger partial charge in [-0.3, -0.25) is 9.59 Å². The van der Waals surface area contributed by atoms with Gasteiger partial charge < -0.3 is 20.9 Å². The molecule has 2 fully saturated rings. The number of carbonyl (C=O) groups excluding carboxylic acids is 2. The third kappa shape index (κ3) is 8.15. The Labute approximate surface area is 215 Å². The van der Waals surface area contributed by atoms with Crippen LogP contribution in [0, 0.1) is 5.92 Å². The smallest absolute Gasteiger partial charge is 0.251 e. The maximum absolute atomic E-state index is 12.7. The first-order valence-electron chi connectivity index (χ1n) is 12.2. The average molecular weight is 570 g/mol. The Kier molecular flexibility index (Phi) is 11.4. The Morgan fingerprint density at radius 3 is 2.45 bits per heavy atom. The van der Waals surface area contributed by atoms with Crippen molar-refractivity contribution in [3.63, 3.8) is 0 Å². The lowest BCUT2D eigenvalue weighted by Crippen LogP contribution is -2.45. The minimum atomic E-state index is -0.0395. The summed E-state index contributed by atoms with van der Waals surface area (Å²) in [7, 11) is 0. The minimum absolute atomic E-state index is 0. The van der Waals surface area contributed by atoms with E-state index in [4.69, 9.17) is 4.99 Å². The molecule has 2 amide bonds. The predicted molar refractivity (Wildman–Crippen MR) is 144 cm³/mol. The van der Waals surface area contributed by atoms with Crippen molar-refractivity contribution in [1.82, 2.24) is 20.9 Å². The fourth-order valence-electron chi connectivity index (χ4n) is 4.36.